The zero-order valence-electron chi connectivity index (χ0n) is 11.4. The SMILES string of the molecule is Cc1ccc(C(=O)Cc2cccc(C(F)(F)F)c2)cc1N. The van der Waals surface area contributed by atoms with Crippen LogP contribution in [0.1, 0.15) is 27.0 Å². The van der Waals surface area contributed by atoms with Gasteiger partial charge in [0.25, 0.3) is 0 Å². The first-order valence-electron chi connectivity index (χ1n) is 6.33. The summed E-state index contributed by atoms with van der Waals surface area (Å²) in [7, 11) is 0. The number of alkyl halides is 3. The molecule has 0 atom stereocenters. The van der Waals surface area contributed by atoms with Crippen LogP contribution < -0.4 is 5.73 Å². The molecule has 0 fully saturated rings. The van der Waals surface area contributed by atoms with E-state index in [0.717, 1.165) is 17.7 Å². The van der Waals surface area contributed by atoms with Crippen LogP contribution in [0.4, 0.5) is 18.9 Å². The zero-order chi connectivity index (χ0) is 15.6. The third-order valence-corrected chi connectivity index (χ3v) is 3.22. The highest BCUT2D eigenvalue weighted by molar-refractivity contribution is 5.98. The summed E-state index contributed by atoms with van der Waals surface area (Å²) in [4.78, 5) is 12.1. The maximum absolute atomic E-state index is 12.6. The lowest BCUT2D eigenvalue weighted by Crippen LogP contribution is -2.08. The molecule has 0 aromatic heterocycles. The third-order valence-electron chi connectivity index (χ3n) is 3.22. The number of benzene rings is 2. The van der Waals surface area contributed by atoms with E-state index < -0.39 is 11.7 Å². The first-order valence-corrected chi connectivity index (χ1v) is 6.33. The largest absolute Gasteiger partial charge is 0.416 e. The lowest BCUT2D eigenvalue weighted by atomic mass is 10.00. The predicted molar refractivity (Wildman–Crippen MR) is 75.1 cm³/mol. The van der Waals surface area contributed by atoms with Gasteiger partial charge in [0.05, 0.1) is 5.56 Å². The van der Waals surface area contributed by atoms with Gasteiger partial charge in [-0.25, -0.2) is 0 Å². The van der Waals surface area contributed by atoms with Crippen LogP contribution in [0.5, 0.6) is 0 Å². The number of hydrogen-bond donors (Lipinski definition) is 1. The van der Waals surface area contributed by atoms with Crippen LogP contribution in [0, 0.1) is 6.92 Å². The van der Waals surface area contributed by atoms with Gasteiger partial charge in [-0.2, -0.15) is 13.2 Å². The molecule has 0 aliphatic carbocycles. The number of rotatable bonds is 3. The van der Waals surface area contributed by atoms with Gasteiger partial charge in [-0.05, 0) is 30.2 Å². The highest BCUT2D eigenvalue weighted by Gasteiger charge is 2.30. The summed E-state index contributed by atoms with van der Waals surface area (Å²) in [5, 5.41) is 0. The average molecular weight is 293 g/mol. The molecule has 0 aliphatic rings. The van der Waals surface area contributed by atoms with Crippen LogP contribution in [-0.4, -0.2) is 5.78 Å². The number of carbonyl (C=O) groups excluding carboxylic acids is 1. The van der Waals surface area contributed by atoms with Gasteiger partial charge in [0.1, 0.15) is 0 Å². The van der Waals surface area contributed by atoms with E-state index in [0.29, 0.717) is 16.8 Å². The lowest BCUT2D eigenvalue weighted by Gasteiger charge is -2.09. The van der Waals surface area contributed by atoms with Crippen molar-refractivity contribution in [2.24, 2.45) is 0 Å². The quantitative estimate of drug-likeness (QED) is 0.686. The van der Waals surface area contributed by atoms with E-state index >= 15 is 0 Å². The summed E-state index contributed by atoms with van der Waals surface area (Å²) in [6.45, 7) is 1.82. The second-order valence-corrected chi connectivity index (χ2v) is 4.87. The number of hydrogen-bond acceptors (Lipinski definition) is 2. The number of Topliss-reactive ketones (excluding diaryl/α,β-unsaturated/α-hetero) is 1. The predicted octanol–water partition coefficient (Wildman–Crippen LogP) is 4.02. The van der Waals surface area contributed by atoms with Crippen LogP contribution >= 0.6 is 0 Å². The van der Waals surface area contributed by atoms with Gasteiger partial charge in [-0.1, -0.05) is 30.3 Å². The molecule has 2 aromatic rings. The van der Waals surface area contributed by atoms with Crippen molar-refractivity contribution in [1.29, 1.82) is 0 Å². The molecule has 0 aliphatic heterocycles. The molecule has 2 rings (SSSR count). The Hall–Kier alpha value is -2.30. The van der Waals surface area contributed by atoms with Crippen molar-refractivity contribution < 1.29 is 18.0 Å². The molecule has 0 radical (unpaired) electrons. The second kappa shape index (κ2) is 5.60. The molecule has 0 unspecified atom stereocenters. The number of aryl methyl sites for hydroxylation is 1. The molecule has 0 bridgehead atoms. The third kappa shape index (κ3) is 3.62. The standard InChI is InChI=1S/C16H14F3NO/c1-10-5-6-12(9-14(10)20)15(21)8-11-3-2-4-13(7-11)16(17,18)19/h2-7,9H,8,20H2,1H3. The van der Waals surface area contributed by atoms with Gasteiger partial charge < -0.3 is 5.73 Å². The molecular weight excluding hydrogens is 279 g/mol. The molecule has 110 valence electrons. The average Bonchev–Trinajstić information content (AvgIpc) is 2.41. The fourth-order valence-electron chi connectivity index (χ4n) is 1.96. The molecule has 2 N–H and O–H groups in total. The van der Waals surface area contributed by atoms with Crippen LogP contribution in [-0.2, 0) is 12.6 Å². The van der Waals surface area contributed by atoms with Crippen molar-refractivity contribution in [3.63, 3.8) is 0 Å². The van der Waals surface area contributed by atoms with Gasteiger partial charge in [0.2, 0.25) is 0 Å². The lowest BCUT2D eigenvalue weighted by molar-refractivity contribution is -0.137. The number of nitrogen functional groups attached to an aromatic ring is 1. The Kier molecular flexibility index (Phi) is 4.02. The van der Waals surface area contributed by atoms with Crippen molar-refractivity contribution >= 4 is 11.5 Å². The van der Waals surface area contributed by atoms with E-state index in [2.05, 4.69) is 0 Å². The van der Waals surface area contributed by atoms with Crippen molar-refractivity contribution in [3.8, 4) is 0 Å². The number of halogens is 3. The fraction of sp³-hybridized carbons (Fsp3) is 0.188. The summed E-state index contributed by atoms with van der Waals surface area (Å²) in [6.07, 6.45) is -4.50. The Morgan fingerprint density at radius 1 is 1.14 bits per heavy atom. The highest BCUT2D eigenvalue weighted by atomic mass is 19.4. The minimum absolute atomic E-state index is 0.0909. The number of nitrogens with two attached hydrogens (primary N) is 1. The van der Waals surface area contributed by atoms with Gasteiger partial charge in [-0.3, -0.25) is 4.79 Å². The molecule has 0 amide bonds. The number of ketones is 1. The second-order valence-electron chi connectivity index (χ2n) is 4.87. The minimum atomic E-state index is -4.41. The van der Waals surface area contributed by atoms with Crippen LogP contribution in [0.3, 0.4) is 0 Å². The monoisotopic (exact) mass is 293 g/mol. The molecule has 0 saturated carbocycles. The Morgan fingerprint density at radius 3 is 2.48 bits per heavy atom. The molecule has 0 spiro atoms. The Balaban J connectivity index is 2.21. The topological polar surface area (TPSA) is 43.1 Å². The van der Waals surface area contributed by atoms with E-state index in [-0.39, 0.29) is 12.2 Å². The van der Waals surface area contributed by atoms with Crippen LogP contribution in [0.25, 0.3) is 0 Å². The molecule has 0 heterocycles. The zero-order valence-corrected chi connectivity index (χ0v) is 11.4. The van der Waals surface area contributed by atoms with E-state index in [4.69, 9.17) is 5.73 Å². The smallest absolute Gasteiger partial charge is 0.398 e. The van der Waals surface area contributed by atoms with Gasteiger partial charge in [0, 0.05) is 17.7 Å². The maximum Gasteiger partial charge on any atom is 0.416 e. The van der Waals surface area contributed by atoms with E-state index in [1.165, 1.54) is 12.1 Å². The van der Waals surface area contributed by atoms with Crippen LogP contribution in [0.15, 0.2) is 42.5 Å². The minimum Gasteiger partial charge on any atom is -0.398 e. The van der Waals surface area contributed by atoms with Crippen LogP contribution in [0.2, 0.25) is 0 Å². The molecule has 0 saturated heterocycles. The molecule has 21 heavy (non-hydrogen) atoms. The summed E-state index contributed by atoms with van der Waals surface area (Å²) >= 11 is 0. The molecule has 2 nitrogen and oxygen atoms in total. The van der Waals surface area contributed by atoms with E-state index in [1.54, 1.807) is 18.2 Å². The first kappa shape index (κ1) is 15.1. The summed E-state index contributed by atoms with van der Waals surface area (Å²) in [6, 6.07) is 9.68. The summed E-state index contributed by atoms with van der Waals surface area (Å²) in [5.41, 5.74) is 7.05. The Bertz CT molecular complexity index is 677. The normalized spacial score (nSPS) is 11.4. The van der Waals surface area contributed by atoms with Crippen molar-refractivity contribution in [3.05, 3.63) is 64.7 Å². The summed E-state index contributed by atoms with van der Waals surface area (Å²) in [5.74, 6) is -0.263. The van der Waals surface area contributed by atoms with Gasteiger partial charge >= 0.3 is 6.18 Å². The fourth-order valence-corrected chi connectivity index (χ4v) is 1.96. The Morgan fingerprint density at radius 2 is 1.86 bits per heavy atom. The van der Waals surface area contributed by atoms with Crippen molar-refractivity contribution in [1.82, 2.24) is 0 Å². The van der Waals surface area contributed by atoms with Gasteiger partial charge in [-0.15, -0.1) is 0 Å². The molecule has 5 heteroatoms. The Labute approximate surface area is 120 Å². The summed E-state index contributed by atoms with van der Waals surface area (Å²) < 4.78 is 37.9. The highest BCUT2D eigenvalue weighted by Crippen LogP contribution is 2.29. The molecule has 2 aromatic carbocycles. The van der Waals surface area contributed by atoms with Gasteiger partial charge in [0.15, 0.2) is 5.78 Å². The van der Waals surface area contributed by atoms with Crippen molar-refractivity contribution in [2.75, 3.05) is 5.73 Å². The molecular formula is C16H14F3NO. The van der Waals surface area contributed by atoms with E-state index in [9.17, 15) is 18.0 Å². The van der Waals surface area contributed by atoms with Crippen molar-refractivity contribution in [2.45, 2.75) is 19.5 Å². The maximum atomic E-state index is 12.6. The number of anilines is 1. The first-order chi connectivity index (χ1) is 9.77. The van der Waals surface area contributed by atoms with E-state index in [1.807, 2.05) is 6.92 Å². The number of carbonyl (C=O) groups is 1.